The van der Waals surface area contributed by atoms with Gasteiger partial charge in [0.1, 0.15) is 0 Å². The fraction of sp³-hybridized carbons (Fsp3) is 0.0667. The lowest BCUT2D eigenvalue weighted by Crippen LogP contribution is -2.20. The highest BCUT2D eigenvalue weighted by atomic mass is 79.9. The van der Waals surface area contributed by atoms with E-state index in [4.69, 9.17) is 0 Å². The van der Waals surface area contributed by atoms with Gasteiger partial charge in [0.15, 0.2) is 0 Å². The first-order valence-electron chi connectivity index (χ1n) is 5.86. The minimum absolute atomic E-state index is 0.138. The lowest BCUT2D eigenvalue weighted by Gasteiger charge is -2.01. The number of aromatic nitrogens is 1. The summed E-state index contributed by atoms with van der Waals surface area (Å²) in [5.74, 6) is -0.138. The fourth-order valence-electron chi connectivity index (χ4n) is 1.52. The lowest BCUT2D eigenvalue weighted by molar-refractivity contribution is -0.116. The number of hydrogen-bond donors (Lipinski definition) is 1. The van der Waals surface area contributed by atoms with Crippen LogP contribution in [0.4, 0.5) is 0 Å². The van der Waals surface area contributed by atoms with Crippen molar-refractivity contribution in [1.29, 1.82) is 0 Å². The summed E-state index contributed by atoms with van der Waals surface area (Å²) in [4.78, 5) is 15.8. The van der Waals surface area contributed by atoms with Crippen LogP contribution >= 0.6 is 15.9 Å². The molecule has 1 aromatic carbocycles. The highest BCUT2D eigenvalue weighted by Crippen LogP contribution is 2.16. The molecule has 0 unspecified atom stereocenters. The van der Waals surface area contributed by atoms with Gasteiger partial charge in [0.2, 0.25) is 5.91 Å². The molecule has 2 aromatic rings. The van der Waals surface area contributed by atoms with Crippen molar-refractivity contribution in [1.82, 2.24) is 10.3 Å². The molecule has 1 amide bonds. The third-order valence-corrected chi connectivity index (χ3v) is 3.21. The number of nitrogens with zero attached hydrogens (tertiary/aromatic N) is 1. The first kappa shape index (κ1) is 13.5. The average molecular weight is 317 g/mol. The molecule has 1 N–H and O–H groups in total. The Labute approximate surface area is 120 Å². The van der Waals surface area contributed by atoms with Crippen molar-refractivity contribution in [3.8, 4) is 0 Å². The summed E-state index contributed by atoms with van der Waals surface area (Å²) in [7, 11) is 0. The summed E-state index contributed by atoms with van der Waals surface area (Å²) in [6.45, 7) is 0.431. The molecule has 0 aliphatic heterocycles. The maximum atomic E-state index is 11.7. The van der Waals surface area contributed by atoms with E-state index in [9.17, 15) is 4.79 Å². The van der Waals surface area contributed by atoms with Crippen LogP contribution < -0.4 is 5.32 Å². The molecule has 0 bridgehead atoms. The van der Waals surface area contributed by atoms with Crippen molar-refractivity contribution in [3.05, 3.63) is 70.5 Å². The van der Waals surface area contributed by atoms with E-state index in [0.717, 1.165) is 15.7 Å². The Kier molecular flexibility index (Phi) is 4.86. The van der Waals surface area contributed by atoms with E-state index in [1.54, 1.807) is 12.3 Å². The molecule has 0 fully saturated rings. The number of halogens is 1. The van der Waals surface area contributed by atoms with Gasteiger partial charge in [0.05, 0.1) is 12.2 Å². The predicted molar refractivity (Wildman–Crippen MR) is 79.3 cm³/mol. The molecule has 3 nitrogen and oxygen atoms in total. The Hall–Kier alpha value is -1.94. The highest BCUT2D eigenvalue weighted by molar-refractivity contribution is 9.10. The van der Waals surface area contributed by atoms with Crippen molar-refractivity contribution in [2.24, 2.45) is 0 Å². The van der Waals surface area contributed by atoms with E-state index < -0.39 is 0 Å². The standard InChI is InChI=1S/C15H13BrN2O/c16-14-7-2-1-5-12(14)8-9-15(19)18-11-13-6-3-4-10-17-13/h1-10H,11H2,(H,18,19)/b9-8+. The van der Waals surface area contributed by atoms with E-state index in [0.29, 0.717) is 6.54 Å². The molecule has 0 saturated heterocycles. The van der Waals surface area contributed by atoms with Crippen LogP contribution in [-0.2, 0) is 11.3 Å². The summed E-state index contributed by atoms with van der Waals surface area (Å²) in [6, 6.07) is 13.3. The number of carbonyl (C=O) groups excluding carboxylic acids is 1. The van der Waals surface area contributed by atoms with E-state index in [1.807, 2.05) is 42.5 Å². The van der Waals surface area contributed by atoms with E-state index in [-0.39, 0.29) is 5.91 Å². The van der Waals surface area contributed by atoms with Crippen molar-refractivity contribution < 1.29 is 4.79 Å². The molecule has 4 heteroatoms. The first-order valence-corrected chi connectivity index (χ1v) is 6.65. The van der Waals surface area contributed by atoms with Crippen LogP contribution in [-0.4, -0.2) is 10.9 Å². The molecule has 0 saturated carbocycles. The highest BCUT2D eigenvalue weighted by Gasteiger charge is 1.98. The maximum absolute atomic E-state index is 11.7. The van der Waals surface area contributed by atoms with E-state index >= 15 is 0 Å². The van der Waals surface area contributed by atoms with Crippen LogP contribution in [0.25, 0.3) is 6.08 Å². The zero-order chi connectivity index (χ0) is 13.5. The van der Waals surface area contributed by atoms with E-state index in [2.05, 4.69) is 26.2 Å². The smallest absolute Gasteiger partial charge is 0.244 e. The van der Waals surface area contributed by atoms with E-state index in [1.165, 1.54) is 6.08 Å². The van der Waals surface area contributed by atoms with Crippen LogP contribution in [0.3, 0.4) is 0 Å². The van der Waals surface area contributed by atoms with Crippen LogP contribution in [0, 0.1) is 0 Å². The normalized spacial score (nSPS) is 10.6. The van der Waals surface area contributed by atoms with Crippen LogP contribution in [0.1, 0.15) is 11.3 Å². The van der Waals surface area contributed by atoms with Gasteiger partial charge in [0, 0.05) is 16.7 Å². The second kappa shape index (κ2) is 6.85. The second-order valence-electron chi connectivity index (χ2n) is 3.89. The molecule has 19 heavy (non-hydrogen) atoms. The third-order valence-electron chi connectivity index (χ3n) is 2.49. The zero-order valence-corrected chi connectivity index (χ0v) is 11.8. The summed E-state index contributed by atoms with van der Waals surface area (Å²) in [5, 5.41) is 2.79. The number of amides is 1. The zero-order valence-electron chi connectivity index (χ0n) is 10.2. The van der Waals surface area contributed by atoms with Gasteiger partial charge >= 0.3 is 0 Å². The SMILES string of the molecule is O=C(/C=C/c1ccccc1Br)NCc1ccccn1. The van der Waals surface area contributed by atoms with Gasteiger partial charge in [-0.25, -0.2) is 0 Å². The van der Waals surface area contributed by atoms with Crippen molar-refractivity contribution in [3.63, 3.8) is 0 Å². The van der Waals surface area contributed by atoms with Gasteiger partial charge < -0.3 is 5.32 Å². The number of nitrogens with one attached hydrogen (secondary N) is 1. The number of rotatable bonds is 4. The number of benzene rings is 1. The monoisotopic (exact) mass is 316 g/mol. The van der Waals surface area contributed by atoms with Crippen molar-refractivity contribution >= 4 is 27.9 Å². The molecule has 96 valence electrons. The summed E-state index contributed by atoms with van der Waals surface area (Å²) in [6.07, 6.45) is 5.00. The quantitative estimate of drug-likeness (QED) is 0.880. The van der Waals surface area contributed by atoms with Crippen LogP contribution in [0.2, 0.25) is 0 Å². The molecule has 0 radical (unpaired) electrons. The Bertz CT molecular complexity index is 582. The van der Waals surface area contributed by atoms with Crippen LogP contribution in [0.5, 0.6) is 0 Å². The van der Waals surface area contributed by atoms with Gasteiger partial charge in [-0.05, 0) is 29.8 Å². The van der Waals surface area contributed by atoms with Gasteiger partial charge in [-0.15, -0.1) is 0 Å². The molecular weight excluding hydrogens is 304 g/mol. The minimum atomic E-state index is -0.138. The van der Waals surface area contributed by atoms with Crippen molar-refractivity contribution in [2.75, 3.05) is 0 Å². The largest absolute Gasteiger partial charge is 0.347 e. The van der Waals surface area contributed by atoms with Gasteiger partial charge in [-0.2, -0.15) is 0 Å². The van der Waals surface area contributed by atoms with Crippen molar-refractivity contribution in [2.45, 2.75) is 6.54 Å². The Morgan fingerprint density at radius 1 is 1.21 bits per heavy atom. The Morgan fingerprint density at radius 3 is 2.74 bits per heavy atom. The number of pyridine rings is 1. The van der Waals surface area contributed by atoms with Gasteiger partial charge in [-0.1, -0.05) is 40.2 Å². The average Bonchev–Trinajstić information content (AvgIpc) is 2.45. The molecule has 1 heterocycles. The minimum Gasteiger partial charge on any atom is -0.347 e. The number of hydrogen-bond acceptors (Lipinski definition) is 2. The first-order chi connectivity index (χ1) is 9.25. The van der Waals surface area contributed by atoms with Gasteiger partial charge in [0.25, 0.3) is 0 Å². The summed E-state index contributed by atoms with van der Waals surface area (Å²) < 4.78 is 0.962. The summed E-state index contributed by atoms with van der Waals surface area (Å²) in [5.41, 5.74) is 1.81. The van der Waals surface area contributed by atoms with Gasteiger partial charge in [-0.3, -0.25) is 9.78 Å². The Balaban J connectivity index is 1.90. The van der Waals surface area contributed by atoms with Crippen LogP contribution in [0.15, 0.2) is 59.2 Å². The fourth-order valence-corrected chi connectivity index (χ4v) is 1.93. The molecule has 0 aliphatic carbocycles. The molecule has 2 rings (SSSR count). The molecule has 0 atom stereocenters. The summed E-state index contributed by atoms with van der Waals surface area (Å²) >= 11 is 3.43. The maximum Gasteiger partial charge on any atom is 0.244 e. The number of carbonyl (C=O) groups is 1. The topological polar surface area (TPSA) is 42.0 Å². The second-order valence-corrected chi connectivity index (χ2v) is 4.75. The third kappa shape index (κ3) is 4.34. The molecule has 0 aliphatic rings. The Morgan fingerprint density at radius 2 is 2.00 bits per heavy atom. The molecular formula is C15H13BrN2O. The predicted octanol–water partition coefficient (Wildman–Crippen LogP) is 3.17. The lowest BCUT2D eigenvalue weighted by atomic mass is 10.2. The molecule has 1 aromatic heterocycles. The molecule has 0 spiro atoms.